The third-order valence-electron chi connectivity index (χ3n) is 2.63. The molecule has 0 fully saturated rings. The fraction of sp³-hybridized carbons (Fsp3) is 0.700. The van der Waals surface area contributed by atoms with Crippen molar-refractivity contribution in [2.24, 2.45) is 11.1 Å². The molecule has 0 saturated heterocycles. The molecule has 1 rings (SSSR count). The monoisotopic (exact) mass is 293 g/mol. The fourth-order valence-corrected chi connectivity index (χ4v) is 4.38. The Balaban J connectivity index is 3.08. The first kappa shape index (κ1) is 15.4. The maximum absolute atomic E-state index is 12.3. The van der Waals surface area contributed by atoms with Gasteiger partial charge in [-0.1, -0.05) is 25.2 Å². The van der Waals surface area contributed by atoms with Crippen LogP contribution in [-0.4, -0.2) is 37.8 Å². The van der Waals surface area contributed by atoms with E-state index >= 15 is 0 Å². The zero-order valence-corrected chi connectivity index (χ0v) is 12.6. The molecule has 0 aromatic carbocycles. The van der Waals surface area contributed by atoms with Crippen molar-refractivity contribution >= 4 is 21.4 Å². The highest BCUT2D eigenvalue weighted by Gasteiger charge is 2.29. The van der Waals surface area contributed by atoms with Crippen LogP contribution in [0.2, 0.25) is 0 Å². The third-order valence-corrected chi connectivity index (χ3v) is 6.01. The number of H-pyrrole nitrogens is 1. The summed E-state index contributed by atoms with van der Waals surface area (Å²) in [4.78, 5) is 13.3. The molecule has 0 atom stereocenters. The summed E-state index contributed by atoms with van der Waals surface area (Å²) in [5.41, 5.74) is 5.66. The molecule has 3 N–H and O–H groups in total. The van der Waals surface area contributed by atoms with Crippen LogP contribution in [0.1, 0.15) is 19.5 Å². The molecule has 18 heavy (non-hydrogen) atoms. The number of rotatable bonds is 5. The van der Waals surface area contributed by atoms with Crippen molar-refractivity contribution in [2.45, 2.75) is 25.0 Å². The average molecular weight is 293 g/mol. The summed E-state index contributed by atoms with van der Waals surface area (Å²) >= 11 is 0.711. The van der Waals surface area contributed by atoms with Gasteiger partial charge in [-0.2, -0.15) is 4.31 Å². The number of nitrogens with two attached hydrogens (primary N) is 1. The molecule has 8 heteroatoms. The van der Waals surface area contributed by atoms with E-state index < -0.39 is 10.0 Å². The van der Waals surface area contributed by atoms with Gasteiger partial charge in [0.15, 0.2) is 4.21 Å². The lowest BCUT2D eigenvalue weighted by molar-refractivity contribution is 0.292. The Labute approximate surface area is 111 Å². The van der Waals surface area contributed by atoms with Crippen molar-refractivity contribution in [2.75, 3.05) is 20.1 Å². The summed E-state index contributed by atoms with van der Waals surface area (Å²) in [5.74, 6) is 0. The van der Waals surface area contributed by atoms with Gasteiger partial charge in [0.2, 0.25) is 0 Å². The number of aromatic nitrogens is 1. The summed E-state index contributed by atoms with van der Waals surface area (Å²) in [5, 5.41) is 0. The van der Waals surface area contributed by atoms with Crippen LogP contribution in [0.4, 0.5) is 0 Å². The van der Waals surface area contributed by atoms with E-state index in [1.54, 1.807) is 6.92 Å². The first-order valence-electron chi connectivity index (χ1n) is 5.46. The minimum absolute atomic E-state index is 0.0721. The maximum Gasteiger partial charge on any atom is 0.305 e. The third kappa shape index (κ3) is 3.19. The first-order valence-corrected chi connectivity index (χ1v) is 7.72. The largest absolute Gasteiger partial charge is 0.330 e. The van der Waals surface area contributed by atoms with Gasteiger partial charge in [0.1, 0.15) is 0 Å². The number of nitrogens with one attached hydrogen (secondary N) is 1. The number of hydrogen-bond donors (Lipinski definition) is 2. The standard InChI is InChI=1S/C10H19N3O3S2/c1-7-8(17-9(14)12-7)18(15,16)13(4)6-10(2,3)5-11/h5-6,11H2,1-4H3,(H,12,14). The zero-order valence-electron chi connectivity index (χ0n) is 11.0. The van der Waals surface area contributed by atoms with Crippen molar-refractivity contribution < 1.29 is 8.42 Å². The molecule has 1 aromatic rings. The van der Waals surface area contributed by atoms with Gasteiger partial charge in [-0.25, -0.2) is 8.42 Å². The summed E-state index contributed by atoms with van der Waals surface area (Å²) in [7, 11) is -2.13. The second-order valence-electron chi connectivity index (χ2n) is 5.06. The summed E-state index contributed by atoms with van der Waals surface area (Å²) in [6.45, 7) is 6.05. The molecular formula is C10H19N3O3S2. The van der Waals surface area contributed by atoms with Crippen molar-refractivity contribution in [3.8, 4) is 0 Å². The molecule has 1 heterocycles. The molecule has 0 unspecified atom stereocenters. The Morgan fingerprint density at radius 3 is 2.39 bits per heavy atom. The lowest BCUT2D eigenvalue weighted by Crippen LogP contribution is -2.39. The molecule has 1 aromatic heterocycles. The molecular weight excluding hydrogens is 274 g/mol. The van der Waals surface area contributed by atoms with Crippen LogP contribution in [0, 0.1) is 12.3 Å². The Morgan fingerprint density at radius 1 is 1.44 bits per heavy atom. The van der Waals surface area contributed by atoms with Crippen LogP contribution < -0.4 is 10.6 Å². The van der Waals surface area contributed by atoms with E-state index in [9.17, 15) is 13.2 Å². The normalized spacial score (nSPS) is 13.2. The van der Waals surface area contributed by atoms with Crippen LogP contribution in [0.3, 0.4) is 0 Å². The van der Waals surface area contributed by atoms with E-state index in [0.717, 1.165) is 0 Å². The van der Waals surface area contributed by atoms with Crippen molar-refractivity contribution in [1.29, 1.82) is 0 Å². The maximum atomic E-state index is 12.3. The molecule has 0 aliphatic rings. The number of nitrogens with zero attached hydrogens (tertiary/aromatic N) is 1. The minimum Gasteiger partial charge on any atom is -0.330 e. The van der Waals surface area contributed by atoms with Gasteiger partial charge < -0.3 is 10.7 Å². The summed E-state index contributed by atoms with van der Waals surface area (Å²) < 4.78 is 25.9. The lowest BCUT2D eigenvalue weighted by Gasteiger charge is -2.28. The van der Waals surface area contributed by atoms with E-state index in [-0.39, 0.29) is 14.5 Å². The zero-order chi connectivity index (χ0) is 14.1. The molecule has 0 spiro atoms. The highest BCUT2D eigenvalue weighted by Crippen LogP contribution is 2.23. The lowest BCUT2D eigenvalue weighted by atomic mass is 9.94. The van der Waals surface area contributed by atoms with Gasteiger partial charge in [-0.3, -0.25) is 4.79 Å². The minimum atomic E-state index is -3.63. The van der Waals surface area contributed by atoms with Crippen LogP contribution in [0.5, 0.6) is 0 Å². The predicted octanol–water partition coefficient (Wildman–Crippen LogP) is 0.350. The molecule has 104 valence electrons. The topological polar surface area (TPSA) is 96.3 Å². The van der Waals surface area contributed by atoms with E-state index in [2.05, 4.69) is 4.98 Å². The Bertz CT molecular complexity index is 571. The Morgan fingerprint density at radius 2 is 2.00 bits per heavy atom. The molecule has 0 aliphatic carbocycles. The average Bonchev–Trinajstić information content (AvgIpc) is 2.57. The van der Waals surface area contributed by atoms with Crippen LogP contribution in [-0.2, 0) is 10.0 Å². The molecule has 0 bridgehead atoms. The number of aromatic amines is 1. The first-order chi connectivity index (χ1) is 8.10. The van der Waals surface area contributed by atoms with E-state index in [1.165, 1.54) is 11.4 Å². The molecule has 6 nitrogen and oxygen atoms in total. The van der Waals surface area contributed by atoms with Gasteiger partial charge in [0, 0.05) is 19.3 Å². The molecule has 0 amide bonds. The van der Waals surface area contributed by atoms with Crippen molar-refractivity contribution in [1.82, 2.24) is 9.29 Å². The molecule has 0 radical (unpaired) electrons. The second-order valence-corrected chi connectivity index (χ2v) is 8.28. The fourth-order valence-electron chi connectivity index (χ4n) is 1.53. The number of aryl methyl sites for hydroxylation is 1. The Kier molecular flexibility index (Phi) is 4.37. The van der Waals surface area contributed by atoms with Crippen LogP contribution in [0.15, 0.2) is 9.00 Å². The van der Waals surface area contributed by atoms with E-state index in [4.69, 9.17) is 5.73 Å². The number of sulfonamides is 1. The van der Waals surface area contributed by atoms with Gasteiger partial charge in [-0.05, 0) is 18.9 Å². The Hall–Kier alpha value is -0.700. The van der Waals surface area contributed by atoms with Crippen LogP contribution in [0.25, 0.3) is 0 Å². The number of hydrogen-bond acceptors (Lipinski definition) is 5. The quantitative estimate of drug-likeness (QED) is 0.818. The highest BCUT2D eigenvalue weighted by molar-refractivity contribution is 7.91. The van der Waals surface area contributed by atoms with Crippen molar-refractivity contribution in [3.63, 3.8) is 0 Å². The van der Waals surface area contributed by atoms with Gasteiger partial charge in [-0.15, -0.1) is 0 Å². The SMILES string of the molecule is Cc1[nH]c(=O)sc1S(=O)(=O)N(C)CC(C)(C)CN. The summed E-state index contributed by atoms with van der Waals surface area (Å²) in [6.07, 6.45) is 0. The summed E-state index contributed by atoms with van der Waals surface area (Å²) in [6, 6.07) is 0. The van der Waals surface area contributed by atoms with Crippen LogP contribution >= 0.6 is 11.3 Å². The predicted molar refractivity (Wildman–Crippen MR) is 72.3 cm³/mol. The van der Waals surface area contributed by atoms with Gasteiger partial charge >= 0.3 is 4.87 Å². The molecule has 0 aliphatic heterocycles. The molecule has 0 saturated carbocycles. The number of thiazole rings is 1. The smallest absolute Gasteiger partial charge is 0.305 e. The van der Waals surface area contributed by atoms with Gasteiger partial charge in [0.25, 0.3) is 10.0 Å². The van der Waals surface area contributed by atoms with E-state index in [0.29, 0.717) is 30.1 Å². The van der Waals surface area contributed by atoms with Crippen molar-refractivity contribution in [3.05, 3.63) is 15.4 Å². The van der Waals surface area contributed by atoms with E-state index in [1.807, 2.05) is 13.8 Å². The second kappa shape index (κ2) is 5.12. The van der Waals surface area contributed by atoms with Gasteiger partial charge in [0.05, 0.1) is 0 Å². The highest BCUT2D eigenvalue weighted by atomic mass is 32.2.